The quantitative estimate of drug-likeness (QED) is 0.882. The molecule has 0 unspecified atom stereocenters. The molecule has 118 valence electrons. The molecule has 1 aliphatic rings. The SMILES string of the molecule is Nc1ncc(Cl)cc1S(=O)(=O)N1CCC[C@@H](c2ncc[nH]2)C1. The highest BCUT2D eigenvalue weighted by molar-refractivity contribution is 7.89. The van der Waals surface area contributed by atoms with Crippen molar-refractivity contribution < 1.29 is 8.42 Å². The third-order valence-corrected chi connectivity index (χ3v) is 5.86. The van der Waals surface area contributed by atoms with Crippen molar-refractivity contribution in [1.82, 2.24) is 19.3 Å². The number of pyridine rings is 1. The number of imidazole rings is 1. The van der Waals surface area contributed by atoms with E-state index in [-0.39, 0.29) is 21.7 Å². The van der Waals surface area contributed by atoms with Gasteiger partial charge in [0.25, 0.3) is 0 Å². The molecule has 1 aliphatic heterocycles. The van der Waals surface area contributed by atoms with E-state index in [1.54, 1.807) is 12.4 Å². The molecule has 2 aromatic rings. The maximum atomic E-state index is 12.8. The Morgan fingerprint density at radius 2 is 2.23 bits per heavy atom. The van der Waals surface area contributed by atoms with E-state index in [0.29, 0.717) is 13.1 Å². The van der Waals surface area contributed by atoms with E-state index in [2.05, 4.69) is 15.0 Å². The Kier molecular flexibility index (Phi) is 4.07. The van der Waals surface area contributed by atoms with E-state index in [9.17, 15) is 8.42 Å². The van der Waals surface area contributed by atoms with Crippen molar-refractivity contribution in [1.29, 1.82) is 0 Å². The number of anilines is 1. The standard InChI is InChI=1S/C13H16ClN5O2S/c14-10-6-11(12(15)18-7-10)22(20,21)19-5-1-2-9(8-19)13-16-3-4-17-13/h3-4,6-7,9H,1-2,5,8H2,(H2,15,18)(H,16,17)/t9-/m1/s1. The molecule has 0 spiro atoms. The maximum Gasteiger partial charge on any atom is 0.246 e. The molecule has 2 aromatic heterocycles. The Morgan fingerprint density at radius 3 is 2.95 bits per heavy atom. The molecule has 0 aromatic carbocycles. The minimum atomic E-state index is -3.72. The summed E-state index contributed by atoms with van der Waals surface area (Å²) in [6.07, 6.45) is 6.39. The van der Waals surface area contributed by atoms with Crippen LogP contribution >= 0.6 is 11.6 Å². The van der Waals surface area contributed by atoms with Gasteiger partial charge in [0.2, 0.25) is 10.0 Å². The number of H-pyrrole nitrogens is 1. The van der Waals surface area contributed by atoms with Crippen molar-refractivity contribution in [3.05, 3.63) is 35.5 Å². The van der Waals surface area contributed by atoms with Crippen LogP contribution in [0.4, 0.5) is 5.82 Å². The highest BCUT2D eigenvalue weighted by Crippen LogP contribution is 2.30. The topological polar surface area (TPSA) is 105 Å². The number of aromatic nitrogens is 3. The number of nitrogens with zero attached hydrogens (tertiary/aromatic N) is 3. The van der Waals surface area contributed by atoms with Gasteiger partial charge in [-0.1, -0.05) is 11.6 Å². The van der Waals surface area contributed by atoms with Crippen LogP contribution in [0.3, 0.4) is 0 Å². The van der Waals surface area contributed by atoms with Crippen molar-refractivity contribution in [3.63, 3.8) is 0 Å². The third-order valence-electron chi connectivity index (χ3n) is 3.76. The number of sulfonamides is 1. The van der Waals surface area contributed by atoms with Crippen LogP contribution in [-0.4, -0.2) is 40.8 Å². The maximum absolute atomic E-state index is 12.8. The Bertz CT molecular complexity index is 763. The lowest BCUT2D eigenvalue weighted by molar-refractivity contribution is 0.310. The van der Waals surface area contributed by atoms with Gasteiger partial charge in [-0.2, -0.15) is 4.31 Å². The molecule has 3 heterocycles. The Balaban J connectivity index is 1.90. The molecule has 0 radical (unpaired) electrons. The van der Waals surface area contributed by atoms with Crippen LogP contribution in [0.5, 0.6) is 0 Å². The van der Waals surface area contributed by atoms with Gasteiger partial charge in [-0.3, -0.25) is 0 Å². The van der Waals surface area contributed by atoms with Gasteiger partial charge < -0.3 is 10.7 Å². The van der Waals surface area contributed by atoms with Gasteiger partial charge >= 0.3 is 0 Å². The number of rotatable bonds is 3. The van der Waals surface area contributed by atoms with Crippen molar-refractivity contribution in [2.75, 3.05) is 18.8 Å². The van der Waals surface area contributed by atoms with Gasteiger partial charge in [0, 0.05) is 37.6 Å². The molecule has 9 heteroatoms. The second-order valence-electron chi connectivity index (χ2n) is 5.21. The largest absolute Gasteiger partial charge is 0.383 e. The molecular formula is C13H16ClN5O2S. The fourth-order valence-electron chi connectivity index (χ4n) is 2.66. The summed E-state index contributed by atoms with van der Waals surface area (Å²) in [5.74, 6) is 0.813. The molecule has 0 bridgehead atoms. The van der Waals surface area contributed by atoms with Crippen LogP contribution in [0.25, 0.3) is 0 Å². The van der Waals surface area contributed by atoms with E-state index in [1.165, 1.54) is 16.6 Å². The first kappa shape index (κ1) is 15.3. The fourth-order valence-corrected chi connectivity index (χ4v) is 4.50. The van der Waals surface area contributed by atoms with Crippen LogP contribution in [0, 0.1) is 0 Å². The number of hydrogen-bond donors (Lipinski definition) is 2. The van der Waals surface area contributed by atoms with Crippen molar-refractivity contribution >= 4 is 27.4 Å². The second-order valence-corrected chi connectivity index (χ2v) is 7.56. The van der Waals surface area contributed by atoms with Crippen LogP contribution in [-0.2, 0) is 10.0 Å². The number of nitrogens with one attached hydrogen (secondary N) is 1. The molecule has 1 atom stereocenters. The average molecular weight is 342 g/mol. The number of hydrogen-bond acceptors (Lipinski definition) is 5. The Labute approximate surface area is 133 Å². The van der Waals surface area contributed by atoms with Crippen molar-refractivity contribution in [2.24, 2.45) is 0 Å². The van der Waals surface area contributed by atoms with Crippen LogP contribution in [0.15, 0.2) is 29.6 Å². The van der Waals surface area contributed by atoms with Crippen LogP contribution < -0.4 is 5.73 Å². The monoisotopic (exact) mass is 341 g/mol. The first-order valence-corrected chi connectivity index (χ1v) is 8.70. The molecule has 1 fully saturated rings. The summed E-state index contributed by atoms with van der Waals surface area (Å²) in [6.45, 7) is 0.813. The van der Waals surface area contributed by atoms with Crippen molar-refractivity contribution in [3.8, 4) is 0 Å². The molecule has 3 N–H and O–H groups in total. The molecule has 0 saturated carbocycles. The number of piperidine rings is 1. The zero-order valence-electron chi connectivity index (χ0n) is 11.7. The van der Waals surface area contributed by atoms with Gasteiger partial charge in [0.05, 0.1) is 5.02 Å². The summed E-state index contributed by atoms with van der Waals surface area (Å²) in [7, 11) is -3.72. The summed E-state index contributed by atoms with van der Waals surface area (Å²) in [5.41, 5.74) is 5.72. The number of aromatic amines is 1. The van der Waals surface area contributed by atoms with E-state index in [1.807, 2.05) is 0 Å². The summed E-state index contributed by atoms with van der Waals surface area (Å²) < 4.78 is 27.0. The molecular weight excluding hydrogens is 326 g/mol. The molecule has 7 nitrogen and oxygen atoms in total. The molecule has 3 rings (SSSR count). The summed E-state index contributed by atoms with van der Waals surface area (Å²) >= 11 is 5.86. The smallest absolute Gasteiger partial charge is 0.246 e. The molecule has 0 amide bonds. The highest BCUT2D eigenvalue weighted by Gasteiger charge is 2.33. The number of nitrogen functional groups attached to an aromatic ring is 1. The highest BCUT2D eigenvalue weighted by atomic mass is 35.5. The lowest BCUT2D eigenvalue weighted by Gasteiger charge is -2.31. The first-order valence-electron chi connectivity index (χ1n) is 6.89. The van der Waals surface area contributed by atoms with E-state index in [0.717, 1.165) is 18.7 Å². The van der Waals surface area contributed by atoms with Gasteiger partial charge in [0.1, 0.15) is 16.5 Å². The van der Waals surface area contributed by atoms with Crippen LogP contribution in [0.2, 0.25) is 5.02 Å². The lowest BCUT2D eigenvalue weighted by Crippen LogP contribution is -2.39. The summed E-state index contributed by atoms with van der Waals surface area (Å²) in [4.78, 5) is 11.1. The Morgan fingerprint density at radius 1 is 1.41 bits per heavy atom. The molecule has 0 aliphatic carbocycles. The number of halogens is 1. The normalized spacial score (nSPS) is 20.1. The second kappa shape index (κ2) is 5.86. The van der Waals surface area contributed by atoms with E-state index in [4.69, 9.17) is 17.3 Å². The van der Waals surface area contributed by atoms with Gasteiger partial charge in [-0.25, -0.2) is 18.4 Å². The average Bonchev–Trinajstić information content (AvgIpc) is 3.04. The lowest BCUT2D eigenvalue weighted by atomic mass is 9.99. The molecule has 22 heavy (non-hydrogen) atoms. The minimum Gasteiger partial charge on any atom is -0.383 e. The fraction of sp³-hybridized carbons (Fsp3) is 0.385. The van der Waals surface area contributed by atoms with Crippen molar-refractivity contribution in [2.45, 2.75) is 23.7 Å². The van der Waals surface area contributed by atoms with E-state index < -0.39 is 10.0 Å². The third kappa shape index (κ3) is 2.81. The van der Waals surface area contributed by atoms with Gasteiger partial charge in [-0.15, -0.1) is 0 Å². The minimum absolute atomic E-state index is 0.0375. The zero-order valence-corrected chi connectivity index (χ0v) is 13.3. The van der Waals surface area contributed by atoms with E-state index >= 15 is 0 Å². The predicted octanol–water partition coefficient (Wildman–Crippen LogP) is 1.61. The number of nitrogens with two attached hydrogens (primary N) is 1. The molecule has 1 saturated heterocycles. The van der Waals surface area contributed by atoms with Crippen LogP contribution in [0.1, 0.15) is 24.6 Å². The van der Waals surface area contributed by atoms with Gasteiger partial charge in [0.15, 0.2) is 0 Å². The summed E-state index contributed by atoms with van der Waals surface area (Å²) in [6, 6.07) is 1.34. The zero-order chi connectivity index (χ0) is 15.7. The summed E-state index contributed by atoms with van der Waals surface area (Å²) in [5, 5.41) is 0.243. The van der Waals surface area contributed by atoms with Gasteiger partial charge in [-0.05, 0) is 18.9 Å². The predicted molar refractivity (Wildman–Crippen MR) is 83.0 cm³/mol. The Hall–Kier alpha value is -1.64. The first-order chi connectivity index (χ1) is 10.5.